The summed E-state index contributed by atoms with van der Waals surface area (Å²) in [7, 11) is 0. The monoisotopic (exact) mass is 438 g/mol. The predicted molar refractivity (Wildman–Crippen MR) is 119 cm³/mol. The van der Waals surface area contributed by atoms with E-state index in [1.165, 1.54) is 0 Å². The molecule has 3 heterocycles. The lowest BCUT2D eigenvalue weighted by Gasteiger charge is -2.64. The zero-order chi connectivity index (χ0) is 22.1. The van der Waals surface area contributed by atoms with Gasteiger partial charge in [-0.25, -0.2) is 4.79 Å². The summed E-state index contributed by atoms with van der Waals surface area (Å²) in [5, 5.41) is 0. The zero-order valence-corrected chi connectivity index (χ0v) is 19.3. The molecule has 5 aliphatic rings. The van der Waals surface area contributed by atoms with Crippen LogP contribution in [-0.4, -0.2) is 37.0 Å². The second-order valence-electron chi connectivity index (χ2n) is 11.3. The van der Waals surface area contributed by atoms with Gasteiger partial charge in [0.25, 0.3) is 0 Å². The van der Waals surface area contributed by atoms with E-state index in [9.17, 15) is 4.79 Å². The van der Waals surface area contributed by atoms with Crippen molar-refractivity contribution in [3.05, 3.63) is 47.5 Å². The standard InChI is InChI=1S/C27H34O5/c1-25-12-10-22-26(2,16-30-24(31-22)17-7-5-4-6-8-17)20(25)9-13-27(3)21(25)15-19(32-27)18-11-14-29-23(18)28/h4-8,11,19-22,24H,9-10,12-16H2,1-3H3. The molecule has 172 valence electrons. The fraction of sp³-hybridized carbons (Fsp3) is 0.667. The molecule has 2 saturated heterocycles. The minimum absolute atomic E-state index is 0.0107. The van der Waals surface area contributed by atoms with Crippen LogP contribution in [0.2, 0.25) is 0 Å². The summed E-state index contributed by atoms with van der Waals surface area (Å²) in [6.07, 6.45) is 6.90. The zero-order valence-electron chi connectivity index (χ0n) is 19.3. The first kappa shape index (κ1) is 20.9. The van der Waals surface area contributed by atoms with Crippen molar-refractivity contribution in [2.45, 2.75) is 77.0 Å². The van der Waals surface area contributed by atoms with Gasteiger partial charge in [-0.3, -0.25) is 0 Å². The van der Waals surface area contributed by atoms with Gasteiger partial charge in [0.05, 0.1) is 30.0 Å². The lowest BCUT2D eigenvalue weighted by molar-refractivity contribution is -0.314. The van der Waals surface area contributed by atoms with Gasteiger partial charge in [-0.05, 0) is 62.4 Å². The Morgan fingerprint density at radius 3 is 2.53 bits per heavy atom. The molecule has 6 rings (SSSR count). The molecular formula is C27H34O5. The van der Waals surface area contributed by atoms with Crippen LogP contribution in [0.1, 0.15) is 64.7 Å². The Balaban J connectivity index is 1.26. The molecule has 0 N–H and O–H groups in total. The lowest BCUT2D eigenvalue weighted by atomic mass is 9.44. The van der Waals surface area contributed by atoms with Crippen molar-refractivity contribution in [3.63, 3.8) is 0 Å². The largest absolute Gasteiger partial charge is 0.458 e. The number of hydrogen-bond donors (Lipinski definition) is 0. The highest BCUT2D eigenvalue weighted by molar-refractivity contribution is 5.91. The van der Waals surface area contributed by atoms with Crippen molar-refractivity contribution in [1.82, 2.24) is 0 Å². The van der Waals surface area contributed by atoms with E-state index in [1.807, 2.05) is 24.3 Å². The molecule has 0 bridgehead atoms. The molecule has 4 fully saturated rings. The molecule has 5 nitrogen and oxygen atoms in total. The molecule has 0 amide bonds. The third kappa shape index (κ3) is 2.90. The smallest absolute Gasteiger partial charge is 0.336 e. The van der Waals surface area contributed by atoms with Crippen LogP contribution in [0.15, 0.2) is 42.0 Å². The minimum Gasteiger partial charge on any atom is -0.458 e. The summed E-state index contributed by atoms with van der Waals surface area (Å²) in [6.45, 7) is 8.23. The van der Waals surface area contributed by atoms with Gasteiger partial charge in [-0.1, -0.05) is 44.2 Å². The number of carbonyl (C=O) groups is 1. The van der Waals surface area contributed by atoms with Crippen molar-refractivity contribution >= 4 is 5.97 Å². The third-order valence-electron chi connectivity index (χ3n) is 9.60. The predicted octanol–water partition coefficient (Wildman–Crippen LogP) is 4.96. The molecule has 3 aliphatic heterocycles. The Morgan fingerprint density at radius 1 is 0.969 bits per heavy atom. The number of fused-ring (bicyclic) bond motifs is 5. The number of benzene rings is 1. The first-order valence-corrected chi connectivity index (χ1v) is 12.2. The molecule has 8 unspecified atom stereocenters. The molecule has 5 heteroatoms. The first-order valence-electron chi connectivity index (χ1n) is 12.2. The van der Waals surface area contributed by atoms with Crippen LogP contribution in [0.3, 0.4) is 0 Å². The first-order chi connectivity index (χ1) is 15.3. The van der Waals surface area contributed by atoms with Crippen molar-refractivity contribution < 1.29 is 23.7 Å². The van der Waals surface area contributed by atoms with Crippen LogP contribution >= 0.6 is 0 Å². The Labute approximate surface area is 190 Å². The van der Waals surface area contributed by atoms with Crippen molar-refractivity contribution in [1.29, 1.82) is 0 Å². The fourth-order valence-electron chi connectivity index (χ4n) is 8.02. The maximum absolute atomic E-state index is 12.2. The second kappa shape index (κ2) is 7.15. The number of esters is 1. The molecule has 0 spiro atoms. The van der Waals surface area contributed by atoms with Crippen molar-refractivity contribution in [3.8, 4) is 0 Å². The van der Waals surface area contributed by atoms with Gasteiger partial charge in [0, 0.05) is 11.0 Å². The second-order valence-corrected chi connectivity index (χ2v) is 11.3. The van der Waals surface area contributed by atoms with E-state index in [4.69, 9.17) is 18.9 Å². The lowest BCUT2D eigenvalue weighted by Crippen LogP contribution is -2.63. The van der Waals surface area contributed by atoms with Crippen LogP contribution < -0.4 is 0 Å². The summed E-state index contributed by atoms with van der Waals surface area (Å²) in [6, 6.07) is 10.3. The van der Waals surface area contributed by atoms with E-state index in [0.29, 0.717) is 18.4 Å². The van der Waals surface area contributed by atoms with Gasteiger partial charge in [0.2, 0.25) is 0 Å². The molecule has 0 radical (unpaired) electrons. The van der Waals surface area contributed by atoms with Gasteiger partial charge in [0.15, 0.2) is 6.29 Å². The summed E-state index contributed by atoms with van der Waals surface area (Å²) < 4.78 is 24.8. The Hall–Kier alpha value is -1.69. The van der Waals surface area contributed by atoms with Gasteiger partial charge in [0.1, 0.15) is 6.61 Å². The van der Waals surface area contributed by atoms with E-state index in [-0.39, 0.29) is 40.9 Å². The maximum Gasteiger partial charge on any atom is 0.336 e. The van der Waals surface area contributed by atoms with E-state index in [0.717, 1.165) is 49.8 Å². The molecule has 1 aromatic carbocycles. The van der Waals surface area contributed by atoms with Crippen LogP contribution in [-0.2, 0) is 23.7 Å². The Morgan fingerprint density at radius 2 is 1.78 bits per heavy atom. The van der Waals surface area contributed by atoms with E-state index in [2.05, 4.69) is 32.9 Å². The number of ether oxygens (including phenoxy) is 4. The van der Waals surface area contributed by atoms with Gasteiger partial charge >= 0.3 is 5.97 Å². The summed E-state index contributed by atoms with van der Waals surface area (Å²) >= 11 is 0. The molecule has 1 aromatic rings. The van der Waals surface area contributed by atoms with E-state index >= 15 is 0 Å². The molecule has 8 atom stereocenters. The number of rotatable bonds is 2. The molecule has 32 heavy (non-hydrogen) atoms. The highest BCUT2D eigenvalue weighted by atomic mass is 16.7. The van der Waals surface area contributed by atoms with Crippen LogP contribution in [0.25, 0.3) is 0 Å². The number of hydrogen-bond acceptors (Lipinski definition) is 5. The quantitative estimate of drug-likeness (QED) is 0.611. The maximum atomic E-state index is 12.2. The highest BCUT2D eigenvalue weighted by Gasteiger charge is 2.66. The van der Waals surface area contributed by atoms with Crippen molar-refractivity contribution in [2.75, 3.05) is 13.2 Å². The third-order valence-corrected chi connectivity index (χ3v) is 9.60. The van der Waals surface area contributed by atoms with Gasteiger partial charge in [-0.2, -0.15) is 0 Å². The average Bonchev–Trinajstić information content (AvgIpc) is 3.37. The van der Waals surface area contributed by atoms with Crippen LogP contribution in [0, 0.1) is 22.7 Å². The van der Waals surface area contributed by atoms with E-state index in [1.54, 1.807) is 0 Å². The van der Waals surface area contributed by atoms with Gasteiger partial charge in [-0.15, -0.1) is 0 Å². The number of carbonyl (C=O) groups excluding carboxylic acids is 1. The Bertz CT molecular complexity index is 943. The Kier molecular flexibility index (Phi) is 4.67. The molecular weight excluding hydrogens is 404 g/mol. The summed E-state index contributed by atoms with van der Waals surface area (Å²) in [5.74, 6) is 0.726. The molecule has 0 aromatic heterocycles. The minimum atomic E-state index is -0.271. The van der Waals surface area contributed by atoms with Crippen molar-refractivity contribution in [2.24, 2.45) is 22.7 Å². The van der Waals surface area contributed by atoms with Gasteiger partial charge < -0.3 is 18.9 Å². The number of cyclic esters (lactones) is 1. The molecule has 2 saturated carbocycles. The normalized spacial score (nSPS) is 47.8. The average molecular weight is 439 g/mol. The van der Waals surface area contributed by atoms with Crippen LogP contribution in [0.5, 0.6) is 0 Å². The van der Waals surface area contributed by atoms with E-state index < -0.39 is 0 Å². The van der Waals surface area contributed by atoms with Crippen LogP contribution in [0.4, 0.5) is 0 Å². The summed E-state index contributed by atoms with van der Waals surface area (Å²) in [4.78, 5) is 12.2. The summed E-state index contributed by atoms with van der Waals surface area (Å²) in [5.41, 5.74) is 1.77. The topological polar surface area (TPSA) is 54.0 Å². The molecule has 2 aliphatic carbocycles. The fourth-order valence-corrected chi connectivity index (χ4v) is 8.02. The highest BCUT2D eigenvalue weighted by Crippen LogP contribution is 2.67. The SMILES string of the molecule is CC12CCC3C4(C)COC(c5ccccc5)OC4CCC3(C)C1CC(C1=CCOC1=O)O2.